The third-order valence-corrected chi connectivity index (χ3v) is 2.42. The van der Waals surface area contributed by atoms with Crippen molar-refractivity contribution in [2.45, 2.75) is 20.3 Å². The lowest BCUT2D eigenvalue weighted by Crippen LogP contribution is -2.12. The fraction of sp³-hybridized carbons (Fsp3) is 0.462. The van der Waals surface area contributed by atoms with Crippen molar-refractivity contribution >= 4 is 0 Å². The number of nitriles is 1. The molecule has 0 aliphatic carbocycles. The number of ether oxygens (including phenoxy) is 2. The fourth-order valence-electron chi connectivity index (χ4n) is 1.54. The van der Waals surface area contributed by atoms with Crippen LogP contribution >= 0.6 is 0 Å². The van der Waals surface area contributed by atoms with Crippen LogP contribution in [0.1, 0.15) is 19.4 Å². The molecule has 0 bridgehead atoms. The molecule has 0 fully saturated rings. The van der Waals surface area contributed by atoms with E-state index in [1.54, 1.807) is 14.2 Å². The molecular formula is C13H17NO2. The Morgan fingerprint density at radius 2 is 1.94 bits per heavy atom. The SMILES string of the molecule is COc1ccc(OC)c(CC(C)(C)C#N)c1. The van der Waals surface area contributed by atoms with Gasteiger partial charge in [-0.15, -0.1) is 0 Å². The molecular weight excluding hydrogens is 202 g/mol. The van der Waals surface area contributed by atoms with E-state index < -0.39 is 5.41 Å². The van der Waals surface area contributed by atoms with Crippen molar-refractivity contribution in [3.8, 4) is 17.6 Å². The molecule has 0 radical (unpaired) electrons. The van der Waals surface area contributed by atoms with E-state index in [1.165, 1.54) is 0 Å². The first kappa shape index (κ1) is 12.4. The minimum absolute atomic E-state index is 0.403. The van der Waals surface area contributed by atoms with Crippen molar-refractivity contribution in [1.82, 2.24) is 0 Å². The molecule has 16 heavy (non-hydrogen) atoms. The highest BCUT2D eigenvalue weighted by atomic mass is 16.5. The quantitative estimate of drug-likeness (QED) is 0.782. The van der Waals surface area contributed by atoms with Gasteiger partial charge in [-0.05, 0) is 44.0 Å². The number of rotatable bonds is 4. The Labute approximate surface area is 96.6 Å². The highest BCUT2D eigenvalue weighted by molar-refractivity contribution is 5.41. The van der Waals surface area contributed by atoms with Crippen molar-refractivity contribution < 1.29 is 9.47 Å². The molecule has 0 amide bonds. The maximum absolute atomic E-state index is 9.02. The van der Waals surface area contributed by atoms with E-state index in [1.807, 2.05) is 32.0 Å². The zero-order chi connectivity index (χ0) is 12.2. The highest BCUT2D eigenvalue weighted by Gasteiger charge is 2.20. The molecule has 1 aromatic carbocycles. The summed E-state index contributed by atoms with van der Waals surface area (Å²) in [4.78, 5) is 0. The first-order valence-electron chi connectivity index (χ1n) is 5.14. The van der Waals surface area contributed by atoms with Crippen LogP contribution in [0.2, 0.25) is 0 Å². The molecule has 0 atom stereocenters. The van der Waals surface area contributed by atoms with Crippen molar-refractivity contribution in [1.29, 1.82) is 5.26 Å². The molecule has 0 saturated carbocycles. The van der Waals surface area contributed by atoms with Gasteiger partial charge in [0.05, 0.1) is 25.7 Å². The molecule has 0 heterocycles. The minimum atomic E-state index is -0.403. The Kier molecular flexibility index (Phi) is 3.78. The molecule has 1 aromatic rings. The van der Waals surface area contributed by atoms with Gasteiger partial charge in [0.2, 0.25) is 0 Å². The Morgan fingerprint density at radius 1 is 1.25 bits per heavy atom. The summed E-state index contributed by atoms with van der Waals surface area (Å²) in [5.74, 6) is 1.58. The minimum Gasteiger partial charge on any atom is -0.497 e. The summed E-state index contributed by atoms with van der Waals surface area (Å²) in [6.45, 7) is 3.82. The Balaban J connectivity index is 3.06. The monoisotopic (exact) mass is 219 g/mol. The lowest BCUT2D eigenvalue weighted by atomic mass is 9.87. The second-order valence-electron chi connectivity index (χ2n) is 4.35. The van der Waals surface area contributed by atoms with Crippen LogP contribution < -0.4 is 9.47 Å². The number of hydrogen-bond acceptors (Lipinski definition) is 3. The largest absolute Gasteiger partial charge is 0.497 e. The molecule has 0 saturated heterocycles. The van der Waals surface area contributed by atoms with Crippen LogP contribution in [0.5, 0.6) is 11.5 Å². The van der Waals surface area contributed by atoms with Gasteiger partial charge >= 0.3 is 0 Å². The van der Waals surface area contributed by atoms with E-state index in [0.29, 0.717) is 6.42 Å². The second kappa shape index (κ2) is 4.89. The van der Waals surface area contributed by atoms with Crippen LogP contribution in [0.4, 0.5) is 0 Å². The lowest BCUT2D eigenvalue weighted by molar-refractivity contribution is 0.390. The first-order valence-corrected chi connectivity index (χ1v) is 5.14. The fourth-order valence-corrected chi connectivity index (χ4v) is 1.54. The van der Waals surface area contributed by atoms with Gasteiger partial charge in [-0.3, -0.25) is 0 Å². The number of nitrogens with zero attached hydrogens (tertiary/aromatic N) is 1. The van der Waals surface area contributed by atoms with E-state index in [4.69, 9.17) is 14.7 Å². The van der Waals surface area contributed by atoms with Crippen LogP contribution in [-0.4, -0.2) is 14.2 Å². The van der Waals surface area contributed by atoms with Crippen molar-refractivity contribution in [3.63, 3.8) is 0 Å². The van der Waals surface area contributed by atoms with E-state index in [2.05, 4.69) is 6.07 Å². The van der Waals surface area contributed by atoms with Crippen LogP contribution in [0, 0.1) is 16.7 Å². The van der Waals surface area contributed by atoms with Crippen molar-refractivity contribution in [2.75, 3.05) is 14.2 Å². The van der Waals surface area contributed by atoms with Gasteiger partial charge in [0, 0.05) is 0 Å². The topological polar surface area (TPSA) is 42.2 Å². The predicted octanol–water partition coefficient (Wildman–Crippen LogP) is 2.80. The third-order valence-electron chi connectivity index (χ3n) is 2.42. The smallest absolute Gasteiger partial charge is 0.122 e. The highest BCUT2D eigenvalue weighted by Crippen LogP contribution is 2.30. The van der Waals surface area contributed by atoms with E-state index in [-0.39, 0.29) is 0 Å². The summed E-state index contributed by atoms with van der Waals surface area (Å²) < 4.78 is 10.4. The van der Waals surface area contributed by atoms with Crippen LogP contribution in [-0.2, 0) is 6.42 Å². The molecule has 3 heteroatoms. The Morgan fingerprint density at radius 3 is 2.44 bits per heavy atom. The van der Waals surface area contributed by atoms with Crippen LogP contribution in [0.25, 0.3) is 0 Å². The normalized spacial score (nSPS) is 10.7. The average Bonchev–Trinajstić information content (AvgIpc) is 2.28. The molecule has 0 spiro atoms. The molecule has 86 valence electrons. The summed E-state index contributed by atoms with van der Waals surface area (Å²) in [5.41, 5.74) is 0.591. The molecule has 0 unspecified atom stereocenters. The number of methoxy groups -OCH3 is 2. The summed E-state index contributed by atoms with van der Waals surface area (Å²) in [6, 6.07) is 7.91. The predicted molar refractivity (Wildman–Crippen MR) is 62.6 cm³/mol. The molecule has 0 N–H and O–H groups in total. The Hall–Kier alpha value is -1.69. The maximum Gasteiger partial charge on any atom is 0.122 e. The number of hydrogen-bond donors (Lipinski definition) is 0. The molecule has 0 aliphatic rings. The van der Waals surface area contributed by atoms with Gasteiger partial charge in [0.1, 0.15) is 11.5 Å². The van der Waals surface area contributed by atoms with Gasteiger partial charge < -0.3 is 9.47 Å². The summed E-state index contributed by atoms with van der Waals surface area (Å²) in [5, 5.41) is 9.02. The van der Waals surface area contributed by atoms with Gasteiger partial charge in [-0.1, -0.05) is 0 Å². The first-order chi connectivity index (χ1) is 7.52. The molecule has 1 rings (SSSR count). The number of benzene rings is 1. The van der Waals surface area contributed by atoms with Crippen molar-refractivity contribution in [2.24, 2.45) is 5.41 Å². The van der Waals surface area contributed by atoms with Gasteiger partial charge in [-0.25, -0.2) is 0 Å². The van der Waals surface area contributed by atoms with E-state index in [0.717, 1.165) is 17.1 Å². The summed E-state index contributed by atoms with van der Waals surface area (Å²) >= 11 is 0. The standard InChI is InChI=1S/C13H17NO2/c1-13(2,9-14)8-10-7-11(15-3)5-6-12(10)16-4/h5-7H,8H2,1-4H3. The lowest BCUT2D eigenvalue weighted by Gasteiger charge is -2.17. The average molecular weight is 219 g/mol. The second-order valence-corrected chi connectivity index (χ2v) is 4.35. The van der Waals surface area contributed by atoms with Gasteiger partial charge in [-0.2, -0.15) is 5.26 Å². The molecule has 0 aliphatic heterocycles. The third kappa shape index (κ3) is 2.90. The zero-order valence-electron chi connectivity index (χ0n) is 10.2. The van der Waals surface area contributed by atoms with Crippen LogP contribution in [0.3, 0.4) is 0 Å². The molecule has 3 nitrogen and oxygen atoms in total. The summed E-state index contributed by atoms with van der Waals surface area (Å²) in [7, 11) is 3.26. The Bertz CT molecular complexity index is 405. The summed E-state index contributed by atoms with van der Waals surface area (Å²) in [6.07, 6.45) is 0.643. The zero-order valence-corrected chi connectivity index (χ0v) is 10.2. The van der Waals surface area contributed by atoms with Gasteiger partial charge in [0.25, 0.3) is 0 Å². The van der Waals surface area contributed by atoms with Crippen molar-refractivity contribution in [3.05, 3.63) is 23.8 Å². The van der Waals surface area contributed by atoms with Crippen LogP contribution in [0.15, 0.2) is 18.2 Å². The van der Waals surface area contributed by atoms with Gasteiger partial charge in [0.15, 0.2) is 0 Å². The van der Waals surface area contributed by atoms with E-state index >= 15 is 0 Å². The molecule has 0 aromatic heterocycles. The maximum atomic E-state index is 9.02. The van der Waals surface area contributed by atoms with E-state index in [9.17, 15) is 0 Å².